The molecule has 0 amide bonds. The van der Waals surface area contributed by atoms with Crippen molar-refractivity contribution in [3.05, 3.63) is 122 Å². The van der Waals surface area contributed by atoms with Crippen LogP contribution in [0, 0.1) is 0 Å². The molecule has 0 heterocycles. The molecule has 0 aliphatic heterocycles. The highest BCUT2D eigenvalue weighted by atomic mass is 16.6. The maximum atomic E-state index is 12.9. The molecule has 0 bridgehead atoms. The van der Waals surface area contributed by atoms with Crippen molar-refractivity contribution in [2.45, 2.75) is 297 Å². The molecule has 6 heteroatoms. The average Bonchev–Trinajstić information content (AvgIpc) is 3.43. The second-order valence-corrected chi connectivity index (χ2v) is 20.9. The molecule has 0 spiro atoms. The van der Waals surface area contributed by atoms with Crippen molar-refractivity contribution in [1.29, 1.82) is 0 Å². The lowest BCUT2D eigenvalue weighted by molar-refractivity contribution is -0.167. The number of carbonyl (C=O) groups excluding carboxylic acids is 3. The van der Waals surface area contributed by atoms with Crippen LogP contribution in [0.4, 0.5) is 0 Å². The summed E-state index contributed by atoms with van der Waals surface area (Å²) in [4.78, 5) is 38.3. The van der Waals surface area contributed by atoms with Crippen LogP contribution >= 0.6 is 0 Å². The van der Waals surface area contributed by atoms with Gasteiger partial charge in [0.25, 0.3) is 0 Å². The standard InChI is InChI=1S/C71H118O6/c1-4-7-10-13-16-19-22-25-27-29-31-33-34-35-36-38-39-41-43-46-49-52-55-58-61-64-70(73)76-67-68(66-75-69(72)63-60-57-54-51-48-45-24-21-18-15-12-9-6-3)77-71(74)65-62-59-56-53-50-47-44-42-40-37-32-30-28-26-23-20-17-14-11-8-5-2/h7,9-10,12,16,18-19,21,25,27,31,33,35-36,39,41,45-46,48-49,68H,4-6,8,11,13-15,17,20,22-24,26,28-30,32,34,37-38,40,42-44,47,50-67H2,1-3H3/b10-7-,12-9-,19-16-,21-18-,27-25-,33-31-,36-35-,41-39-,48-45-,49-46-. The lowest BCUT2D eigenvalue weighted by atomic mass is 10.0. The topological polar surface area (TPSA) is 78.9 Å². The SMILES string of the molecule is CC/C=C\C/C=C\C/C=C\C/C=C\C/C=C\C/C=C\C/C=C\CCCCCC(=O)OCC(COC(=O)CCCCC/C=C\C/C=C\C/C=C\CC)OC(=O)CCCCCCCCCCCCCCCCCCCCCCC. The fourth-order valence-corrected chi connectivity index (χ4v) is 8.73. The monoisotopic (exact) mass is 1070 g/mol. The third-order valence-electron chi connectivity index (χ3n) is 13.5. The van der Waals surface area contributed by atoms with Crippen molar-refractivity contribution in [2.75, 3.05) is 13.2 Å². The molecule has 0 saturated carbocycles. The molecular formula is C71H118O6. The summed E-state index contributed by atoms with van der Waals surface area (Å²) in [6, 6.07) is 0. The van der Waals surface area contributed by atoms with E-state index in [4.69, 9.17) is 14.2 Å². The Bertz CT molecular complexity index is 1600. The Morgan fingerprint density at radius 1 is 0.273 bits per heavy atom. The molecule has 0 aromatic carbocycles. The van der Waals surface area contributed by atoms with Gasteiger partial charge in [-0.1, -0.05) is 284 Å². The van der Waals surface area contributed by atoms with Gasteiger partial charge >= 0.3 is 17.9 Å². The van der Waals surface area contributed by atoms with E-state index in [9.17, 15) is 14.4 Å². The number of hydrogen-bond acceptors (Lipinski definition) is 6. The summed E-state index contributed by atoms with van der Waals surface area (Å²) in [5.74, 6) is -0.958. The maximum absolute atomic E-state index is 12.9. The molecule has 0 N–H and O–H groups in total. The van der Waals surface area contributed by atoms with E-state index in [1.165, 1.54) is 116 Å². The van der Waals surface area contributed by atoms with E-state index < -0.39 is 6.10 Å². The van der Waals surface area contributed by atoms with Crippen LogP contribution in [0.1, 0.15) is 290 Å². The highest BCUT2D eigenvalue weighted by molar-refractivity contribution is 5.71. The summed E-state index contributed by atoms with van der Waals surface area (Å²) in [5, 5.41) is 0. The Balaban J connectivity index is 4.42. The summed E-state index contributed by atoms with van der Waals surface area (Å²) in [7, 11) is 0. The quantitative estimate of drug-likeness (QED) is 0.0261. The van der Waals surface area contributed by atoms with Gasteiger partial charge in [-0.15, -0.1) is 0 Å². The summed E-state index contributed by atoms with van der Waals surface area (Å²) >= 11 is 0. The van der Waals surface area contributed by atoms with Crippen molar-refractivity contribution in [2.24, 2.45) is 0 Å². The number of carbonyl (C=O) groups is 3. The molecule has 0 saturated heterocycles. The molecule has 438 valence electrons. The predicted octanol–water partition coefficient (Wildman–Crippen LogP) is 22.0. The zero-order valence-corrected chi connectivity index (χ0v) is 50.2. The highest BCUT2D eigenvalue weighted by Gasteiger charge is 2.19. The fraction of sp³-hybridized carbons (Fsp3) is 0.676. The van der Waals surface area contributed by atoms with Crippen molar-refractivity contribution in [3.63, 3.8) is 0 Å². The molecular weight excluding hydrogens is 949 g/mol. The molecule has 0 aromatic rings. The van der Waals surface area contributed by atoms with Crippen LogP contribution in [0.3, 0.4) is 0 Å². The van der Waals surface area contributed by atoms with Crippen molar-refractivity contribution in [3.8, 4) is 0 Å². The molecule has 1 unspecified atom stereocenters. The fourth-order valence-electron chi connectivity index (χ4n) is 8.73. The van der Waals surface area contributed by atoms with E-state index >= 15 is 0 Å². The molecule has 1 atom stereocenters. The van der Waals surface area contributed by atoms with E-state index in [1.54, 1.807) is 0 Å². The van der Waals surface area contributed by atoms with Gasteiger partial charge < -0.3 is 14.2 Å². The van der Waals surface area contributed by atoms with Crippen molar-refractivity contribution in [1.82, 2.24) is 0 Å². The first kappa shape index (κ1) is 72.8. The minimum atomic E-state index is -0.807. The van der Waals surface area contributed by atoms with Gasteiger partial charge in [-0.2, -0.15) is 0 Å². The van der Waals surface area contributed by atoms with Gasteiger partial charge in [-0.3, -0.25) is 14.4 Å². The molecule has 0 aliphatic rings. The van der Waals surface area contributed by atoms with E-state index in [-0.39, 0.29) is 31.1 Å². The molecule has 0 aliphatic carbocycles. The largest absolute Gasteiger partial charge is 0.462 e. The number of ether oxygens (including phenoxy) is 3. The Hall–Kier alpha value is -4.19. The first-order valence-electron chi connectivity index (χ1n) is 32.0. The molecule has 77 heavy (non-hydrogen) atoms. The smallest absolute Gasteiger partial charge is 0.306 e. The third-order valence-corrected chi connectivity index (χ3v) is 13.5. The third kappa shape index (κ3) is 62.5. The highest BCUT2D eigenvalue weighted by Crippen LogP contribution is 2.16. The van der Waals surface area contributed by atoms with Crippen molar-refractivity contribution < 1.29 is 28.6 Å². The second-order valence-electron chi connectivity index (χ2n) is 20.9. The Morgan fingerprint density at radius 3 is 0.792 bits per heavy atom. The van der Waals surface area contributed by atoms with E-state index in [1.807, 2.05) is 0 Å². The van der Waals surface area contributed by atoms with Crippen LogP contribution < -0.4 is 0 Å². The Labute approximate surface area is 475 Å². The second kappa shape index (κ2) is 64.3. The Morgan fingerprint density at radius 2 is 0.506 bits per heavy atom. The van der Waals surface area contributed by atoms with Crippen LogP contribution in [0.25, 0.3) is 0 Å². The predicted molar refractivity (Wildman–Crippen MR) is 334 cm³/mol. The minimum Gasteiger partial charge on any atom is -0.462 e. The molecule has 0 fully saturated rings. The van der Waals surface area contributed by atoms with Gasteiger partial charge in [-0.05, 0) is 109 Å². The average molecular weight is 1070 g/mol. The molecule has 6 nitrogen and oxygen atoms in total. The minimum absolute atomic E-state index is 0.105. The van der Waals surface area contributed by atoms with Gasteiger partial charge in [-0.25, -0.2) is 0 Å². The van der Waals surface area contributed by atoms with Crippen LogP contribution in [0.5, 0.6) is 0 Å². The van der Waals surface area contributed by atoms with Gasteiger partial charge in [0.05, 0.1) is 0 Å². The summed E-state index contributed by atoms with van der Waals surface area (Å²) in [5.41, 5.74) is 0. The van der Waals surface area contributed by atoms with Crippen molar-refractivity contribution >= 4 is 17.9 Å². The zero-order valence-electron chi connectivity index (χ0n) is 50.2. The Kier molecular flexibility index (Phi) is 60.8. The van der Waals surface area contributed by atoms with Gasteiger partial charge in [0.15, 0.2) is 6.10 Å². The van der Waals surface area contributed by atoms with Gasteiger partial charge in [0, 0.05) is 19.3 Å². The van der Waals surface area contributed by atoms with Crippen LogP contribution in [-0.4, -0.2) is 37.2 Å². The van der Waals surface area contributed by atoms with E-state index in [2.05, 4.69) is 142 Å². The number of allylic oxidation sites excluding steroid dienone is 20. The number of esters is 3. The first-order chi connectivity index (χ1) is 38.0. The van der Waals surface area contributed by atoms with E-state index in [0.29, 0.717) is 19.3 Å². The van der Waals surface area contributed by atoms with Crippen LogP contribution in [0.15, 0.2) is 122 Å². The van der Waals surface area contributed by atoms with E-state index in [0.717, 1.165) is 135 Å². The first-order valence-corrected chi connectivity index (χ1v) is 32.0. The van der Waals surface area contributed by atoms with Crippen LogP contribution in [-0.2, 0) is 28.6 Å². The number of rotatable bonds is 57. The summed E-state index contributed by atoms with van der Waals surface area (Å²) in [6.07, 6.45) is 89.3. The lowest BCUT2D eigenvalue weighted by Crippen LogP contribution is -2.30. The number of unbranched alkanes of at least 4 members (excludes halogenated alkanes) is 26. The zero-order chi connectivity index (χ0) is 55.7. The number of hydrogen-bond donors (Lipinski definition) is 0. The molecule has 0 rings (SSSR count). The maximum Gasteiger partial charge on any atom is 0.306 e. The normalized spacial score (nSPS) is 12.9. The van der Waals surface area contributed by atoms with Crippen LogP contribution in [0.2, 0.25) is 0 Å². The summed E-state index contributed by atoms with van der Waals surface area (Å²) < 4.78 is 16.9. The molecule has 0 aromatic heterocycles. The summed E-state index contributed by atoms with van der Waals surface area (Å²) in [6.45, 7) is 6.38. The van der Waals surface area contributed by atoms with Gasteiger partial charge in [0.1, 0.15) is 13.2 Å². The molecule has 0 radical (unpaired) electrons. The van der Waals surface area contributed by atoms with Gasteiger partial charge in [0.2, 0.25) is 0 Å². The lowest BCUT2D eigenvalue weighted by Gasteiger charge is -2.18.